The van der Waals surface area contributed by atoms with Gasteiger partial charge in [0.15, 0.2) is 11.0 Å². The van der Waals surface area contributed by atoms with Crippen LogP contribution in [0.2, 0.25) is 5.15 Å². The molecule has 2 rings (SSSR count). The second-order valence-electron chi connectivity index (χ2n) is 2.79. The molecule has 0 aliphatic rings. The Kier molecular flexibility index (Phi) is 2.64. The first-order valence-electron chi connectivity index (χ1n) is 4.20. The smallest absolute Gasteiger partial charge is 0.158 e. The molecule has 0 aliphatic heterocycles. The molecule has 2 heterocycles. The van der Waals surface area contributed by atoms with E-state index in [4.69, 9.17) is 17.3 Å². The minimum Gasteiger partial charge on any atom is -0.393 e. The van der Waals surface area contributed by atoms with Crippen LogP contribution in [0.25, 0.3) is 0 Å². The fourth-order valence-corrected chi connectivity index (χ4v) is 1.18. The van der Waals surface area contributed by atoms with E-state index >= 15 is 0 Å². The summed E-state index contributed by atoms with van der Waals surface area (Å²) in [5.74, 6) is 0.475. The van der Waals surface area contributed by atoms with Gasteiger partial charge in [-0.2, -0.15) is 0 Å². The molecule has 0 bridgehead atoms. The van der Waals surface area contributed by atoms with Crippen molar-refractivity contribution < 1.29 is 0 Å². The van der Waals surface area contributed by atoms with Crippen LogP contribution in [0.5, 0.6) is 0 Å². The molecule has 0 amide bonds. The minimum atomic E-state index is 0.233. The number of nitrogens with two attached hydrogens (primary N) is 1. The van der Waals surface area contributed by atoms with Crippen LogP contribution in [-0.4, -0.2) is 15.0 Å². The summed E-state index contributed by atoms with van der Waals surface area (Å²) in [6, 6.07) is 3.66. The topological polar surface area (TPSA) is 76.7 Å². The quantitative estimate of drug-likeness (QED) is 0.757. The van der Waals surface area contributed by atoms with Crippen molar-refractivity contribution in [2.45, 2.75) is 0 Å². The summed E-state index contributed by atoms with van der Waals surface area (Å²) in [6.07, 6.45) is 4.69. The molecule has 0 unspecified atom stereocenters. The van der Waals surface area contributed by atoms with Gasteiger partial charge in [0.25, 0.3) is 0 Å². The van der Waals surface area contributed by atoms with Gasteiger partial charge < -0.3 is 11.1 Å². The number of pyridine rings is 1. The number of nitrogens with one attached hydrogen (secondary N) is 1. The van der Waals surface area contributed by atoms with E-state index in [0.29, 0.717) is 11.5 Å². The van der Waals surface area contributed by atoms with Crippen LogP contribution in [0.3, 0.4) is 0 Å². The summed E-state index contributed by atoms with van der Waals surface area (Å²) < 4.78 is 0. The van der Waals surface area contributed by atoms with Crippen molar-refractivity contribution in [1.82, 2.24) is 15.0 Å². The second kappa shape index (κ2) is 4.10. The Morgan fingerprint density at radius 2 is 2.20 bits per heavy atom. The molecule has 0 fully saturated rings. The van der Waals surface area contributed by atoms with E-state index in [-0.39, 0.29) is 5.15 Å². The zero-order valence-electron chi connectivity index (χ0n) is 7.68. The van der Waals surface area contributed by atoms with Crippen LogP contribution < -0.4 is 11.1 Å². The summed E-state index contributed by atoms with van der Waals surface area (Å²) in [6.45, 7) is 0. The van der Waals surface area contributed by atoms with Crippen molar-refractivity contribution in [3.05, 3.63) is 36.0 Å². The van der Waals surface area contributed by atoms with Crippen molar-refractivity contribution in [1.29, 1.82) is 0 Å². The van der Waals surface area contributed by atoms with Gasteiger partial charge in [-0.25, -0.2) is 9.97 Å². The second-order valence-corrected chi connectivity index (χ2v) is 3.15. The van der Waals surface area contributed by atoms with E-state index in [2.05, 4.69) is 20.3 Å². The number of aromatic nitrogens is 3. The number of halogens is 1. The SMILES string of the molecule is Nc1c(Cl)ncnc1Nc1cccnc1. The molecule has 76 valence electrons. The monoisotopic (exact) mass is 221 g/mol. The largest absolute Gasteiger partial charge is 0.393 e. The van der Waals surface area contributed by atoms with Gasteiger partial charge in [0, 0.05) is 6.20 Å². The van der Waals surface area contributed by atoms with E-state index in [1.54, 1.807) is 18.5 Å². The molecule has 0 atom stereocenters. The maximum Gasteiger partial charge on any atom is 0.158 e. The van der Waals surface area contributed by atoms with E-state index in [9.17, 15) is 0 Å². The molecule has 0 radical (unpaired) electrons. The van der Waals surface area contributed by atoms with Gasteiger partial charge in [0.05, 0.1) is 11.9 Å². The van der Waals surface area contributed by atoms with Crippen LogP contribution in [-0.2, 0) is 0 Å². The Labute approximate surface area is 91.3 Å². The predicted molar refractivity (Wildman–Crippen MR) is 59.0 cm³/mol. The van der Waals surface area contributed by atoms with Gasteiger partial charge >= 0.3 is 0 Å². The maximum atomic E-state index is 5.75. The Hall–Kier alpha value is -1.88. The van der Waals surface area contributed by atoms with Crippen LogP contribution in [0.15, 0.2) is 30.9 Å². The average molecular weight is 222 g/mol. The van der Waals surface area contributed by atoms with Crippen molar-refractivity contribution in [2.75, 3.05) is 11.1 Å². The Balaban J connectivity index is 2.29. The summed E-state index contributed by atoms with van der Waals surface area (Å²) in [5.41, 5.74) is 6.80. The lowest BCUT2D eigenvalue weighted by Crippen LogP contribution is -2.01. The molecule has 6 heteroatoms. The molecule has 5 nitrogen and oxygen atoms in total. The first-order valence-corrected chi connectivity index (χ1v) is 4.58. The Morgan fingerprint density at radius 3 is 2.93 bits per heavy atom. The lowest BCUT2D eigenvalue weighted by atomic mass is 10.4. The maximum absolute atomic E-state index is 5.75. The molecule has 2 aromatic rings. The van der Waals surface area contributed by atoms with E-state index in [0.717, 1.165) is 5.69 Å². The van der Waals surface area contributed by atoms with E-state index in [1.807, 2.05) is 6.07 Å². The normalized spacial score (nSPS) is 9.93. The summed E-state index contributed by atoms with van der Waals surface area (Å²) in [5, 5.41) is 3.22. The van der Waals surface area contributed by atoms with Gasteiger partial charge in [-0.3, -0.25) is 4.98 Å². The predicted octanol–water partition coefficient (Wildman–Crippen LogP) is 1.85. The molecule has 3 N–H and O–H groups in total. The highest BCUT2D eigenvalue weighted by atomic mass is 35.5. The third kappa shape index (κ3) is 2.13. The number of nitrogens with zero attached hydrogens (tertiary/aromatic N) is 3. The zero-order chi connectivity index (χ0) is 10.7. The van der Waals surface area contributed by atoms with Gasteiger partial charge in [0.1, 0.15) is 12.0 Å². The highest BCUT2D eigenvalue weighted by molar-refractivity contribution is 6.32. The summed E-state index contributed by atoms with van der Waals surface area (Å²) in [4.78, 5) is 11.7. The highest BCUT2D eigenvalue weighted by Crippen LogP contribution is 2.24. The average Bonchev–Trinajstić information content (AvgIpc) is 2.26. The van der Waals surface area contributed by atoms with Gasteiger partial charge in [-0.1, -0.05) is 11.6 Å². The van der Waals surface area contributed by atoms with Gasteiger partial charge in [0.2, 0.25) is 0 Å². The highest BCUT2D eigenvalue weighted by Gasteiger charge is 2.05. The van der Waals surface area contributed by atoms with Gasteiger partial charge in [-0.15, -0.1) is 0 Å². The molecule has 15 heavy (non-hydrogen) atoms. The third-order valence-electron chi connectivity index (χ3n) is 1.76. The van der Waals surface area contributed by atoms with Crippen molar-refractivity contribution in [3.8, 4) is 0 Å². The Morgan fingerprint density at radius 1 is 1.33 bits per heavy atom. The van der Waals surface area contributed by atoms with Crippen molar-refractivity contribution in [3.63, 3.8) is 0 Å². The molecule has 0 spiro atoms. The van der Waals surface area contributed by atoms with Crippen molar-refractivity contribution in [2.24, 2.45) is 0 Å². The van der Waals surface area contributed by atoms with Crippen molar-refractivity contribution >= 4 is 28.8 Å². The number of rotatable bonds is 2. The number of hydrogen-bond acceptors (Lipinski definition) is 5. The van der Waals surface area contributed by atoms with Crippen LogP contribution in [0, 0.1) is 0 Å². The fraction of sp³-hybridized carbons (Fsp3) is 0. The van der Waals surface area contributed by atoms with E-state index in [1.165, 1.54) is 6.33 Å². The molecule has 0 aliphatic carbocycles. The summed E-state index contributed by atoms with van der Waals surface area (Å²) in [7, 11) is 0. The first kappa shape index (κ1) is 9.67. The first-order chi connectivity index (χ1) is 7.27. The lowest BCUT2D eigenvalue weighted by molar-refractivity contribution is 1.17. The molecular weight excluding hydrogens is 214 g/mol. The minimum absolute atomic E-state index is 0.233. The molecule has 0 saturated heterocycles. The molecular formula is C9H8ClN5. The summed E-state index contributed by atoms with van der Waals surface area (Å²) >= 11 is 5.75. The molecule has 0 saturated carbocycles. The molecule has 2 aromatic heterocycles. The number of hydrogen-bond donors (Lipinski definition) is 2. The van der Waals surface area contributed by atoms with Crippen LogP contribution in [0.4, 0.5) is 17.2 Å². The van der Waals surface area contributed by atoms with Gasteiger partial charge in [-0.05, 0) is 12.1 Å². The Bertz CT molecular complexity index is 459. The lowest BCUT2D eigenvalue weighted by Gasteiger charge is -2.07. The number of anilines is 3. The van der Waals surface area contributed by atoms with E-state index < -0.39 is 0 Å². The van der Waals surface area contributed by atoms with Crippen LogP contribution >= 0.6 is 11.6 Å². The zero-order valence-corrected chi connectivity index (χ0v) is 8.44. The standard InChI is InChI=1S/C9H8ClN5/c10-8-7(11)9(14-5-13-8)15-6-2-1-3-12-4-6/h1-5H,11H2,(H,13,14,15). The van der Waals surface area contributed by atoms with Crippen LogP contribution in [0.1, 0.15) is 0 Å². The third-order valence-corrected chi connectivity index (χ3v) is 2.06. The fourth-order valence-electron chi connectivity index (χ4n) is 1.05. The number of nitrogen functional groups attached to an aromatic ring is 1. The molecule has 0 aromatic carbocycles.